The number of hydrogen-bond donors (Lipinski definition) is 2. The van der Waals surface area contributed by atoms with E-state index in [1.165, 1.54) is 0 Å². The zero-order chi connectivity index (χ0) is 16.8. The van der Waals surface area contributed by atoms with Crippen LogP contribution in [-0.4, -0.2) is 44.1 Å². The van der Waals surface area contributed by atoms with Crippen molar-refractivity contribution in [2.24, 2.45) is 5.73 Å². The molecule has 0 aromatic heterocycles. The van der Waals surface area contributed by atoms with Gasteiger partial charge in [0.25, 0.3) is 0 Å². The Hall–Kier alpha value is -2.28. The number of carbonyl (C=O) groups is 2. The molecule has 1 aromatic rings. The van der Waals surface area contributed by atoms with Crippen LogP contribution in [0.5, 0.6) is 11.5 Å². The van der Waals surface area contributed by atoms with Crippen LogP contribution < -0.4 is 20.5 Å². The predicted molar refractivity (Wildman–Crippen MR) is 85.4 cm³/mol. The second-order valence-corrected chi connectivity index (χ2v) is 5.47. The lowest BCUT2D eigenvalue weighted by Crippen LogP contribution is -2.37. The fraction of sp³-hybridized carbons (Fsp3) is 0.500. The zero-order valence-corrected chi connectivity index (χ0v) is 13.5. The lowest BCUT2D eigenvalue weighted by molar-refractivity contribution is -0.120. The highest BCUT2D eigenvalue weighted by Crippen LogP contribution is 2.36. The Morgan fingerprint density at radius 3 is 2.70 bits per heavy atom. The van der Waals surface area contributed by atoms with Crippen molar-refractivity contribution in [1.29, 1.82) is 0 Å². The molecular formula is C16H23N3O4. The quantitative estimate of drug-likeness (QED) is 0.826. The molecule has 1 aliphatic heterocycles. The summed E-state index contributed by atoms with van der Waals surface area (Å²) in [6.07, 6.45) is 2.33. The summed E-state index contributed by atoms with van der Waals surface area (Å²) in [6.45, 7) is 1.50. The van der Waals surface area contributed by atoms with Gasteiger partial charge >= 0.3 is 6.03 Å². The molecule has 3 N–H and O–H groups in total. The van der Waals surface area contributed by atoms with E-state index in [1.54, 1.807) is 14.2 Å². The van der Waals surface area contributed by atoms with Gasteiger partial charge in [-0.15, -0.1) is 0 Å². The van der Waals surface area contributed by atoms with Crippen molar-refractivity contribution in [3.63, 3.8) is 0 Å². The Kier molecular flexibility index (Phi) is 5.81. The molecule has 126 valence electrons. The standard InChI is InChI=1S/C16H23N3O4/c1-22-13-6-5-11(10-14(13)23-2)12-4-3-8-19(12)9-7-15(20)18-16(17)21/h5-6,10,12H,3-4,7-9H2,1-2H3,(H3,17,18,20,21)/t12-/m0/s1. The van der Waals surface area contributed by atoms with E-state index in [2.05, 4.69) is 10.2 Å². The van der Waals surface area contributed by atoms with Crippen LogP contribution in [-0.2, 0) is 4.79 Å². The van der Waals surface area contributed by atoms with Gasteiger partial charge in [0.2, 0.25) is 5.91 Å². The van der Waals surface area contributed by atoms with Gasteiger partial charge in [-0.1, -0.05) is 6.07 Å². The Morgan fingerprint density at radius 1 is 1.30 bits per heavy atom. The molecule has 0 unspecified atom stereocenters. The molecule has 2 rings (SSSR count). The molecule has 1 heterocycles. The van der Waals surface area contributed by atoms with Gasteiger partial charge in [0.05, 0.1) is 14.2 Å². The summed E-state index contributed by atoms with van der Waals surface area (Å²) >= 11 is 0. The first-order valence-electron chi connectivity index (χ1n) is 7.60. The topological polar surface area (TPSA) is 93.9 Å². The molecule has 0 radical (unpaired) electrons. The third-order valence-electron chi connectivity index (χ3n) is 4.04. The summed E-state index contributed by atoms with van der Waals surface area (Å²) in [5.74, 6) is 1.04. The average molecular weight is 321 g/mol. The van der Waals surface area contributed by atoms with E-state index in [1.807, 2.05) is 18.2 Å². The number of amides is 3. The van der Waals surface area contributed by atoms with Crippen LogP contribution in [0.2, 0.25) is 0 Å². The van der Waals surface area contributed by atoms with E-state index in [-0.39, 0.29) is 18.4 Å². The van der Waals surface area contributed by atoms with Crippen LogP contribution >= 0.6 is 0 Å². The number of rotatable bonds is 6. The number of likely N-dealkylation sites (tertiary alicyclic amines) is 1. The van der Waals surface area contributed by atoms with Gasteiger partial charge in [0, 0.05) is 19.0 Å². The van der Waals surface area contributed by atoms with E-state index >= 15 is 0 Å². The van der Waals surface area contributed by atoms with Crippen molar-refractivity contribution in [3.8, 4) is 11.5 Å². The molecule has 0 bridgehead atoms. The van der Waals surface area contributed by atoms with Crippen LogP contribution in [0.4, 0.5) is 4.79 Å². The van der Waals surface area contributed by atoms with Crippen LogP contribution in [0.25, 0.3) is 0 Å². The first-order chi connectivity index (χ1) is 11.0. The van der Waals surface area contributed by atoms with E-state index in [0.29, 0.717) is 18.0 Å². The van der Waals surface area contributed by atoms with Gasteiger partial charge < -0.3 is 15.2 Å². The highest BCUT2D eigenvalue weighted by atomic mass is 16.5. The first kappa shape index (κ1) is 17.1. The van der Waals surface area contributed by atoms with Crippen molar-refractivity contribution in [2.75, 3.05) is 27.3 Å². The smallest absolute Gasteiger partial charge is 0.318 e. The second kappa shape index (κ2) is 7.82. The lowest BCUT2D eigenvalue weighted by Gasteiger charge is -2.25. The predicted octanol–water partition coefficient (Wildman–Crippen LogP) is 1.43. The number of benzene rings is 1. The number of urea groups is 1. The largest absolute Gasteiger partial charge is 0.493 e. The first-order valence-corrected chi connectivity index (χ1v) is 7.60. The zero-order valence-electron chi connectivity index (χ0n) is 13.5. The third-order valence-corrected chi connectivity index (χ3v) is 4.04. The summed E-state index contributed by atoms with van der Waals surface area (Å²) in [4.78, 5) is 24.5. The third kappa shape index (κ3) is 4.35. The normalized spacial score (nSPS) is 17.7. The minimum Gasteiger partial charge on any atom is -0.493 e. The van der Waals surface area contributed by atoms with Gasteiger partial charge in [-0.05, 0) is 37.1 Å². The number of methoxy groups -OCH3 is 2. The summed E-state index contributed by atoms with van der Waals surface area (Å²) < 4.78 is 10.6. The molecule has 0 saturated carbocycles. The minimum absolute atomic E-state index is 0.233. The van der Waals surface area contributed by atoms with Crippen LogP contribution in [0.1, 0.15) is 30.9 Å². The molecule has 1 saturated heterocycles. The molecule has 3 amide bonds. The summed E-state index contributed by atoms with van der Waals surface area (Å²) in [5, 5.41) is 2.09. The van der Waals surface area contributed by atoms with E-state index < -0.39 is 6.03 Å². The van der Waals surface area contributed by atoms with Gasteiger partial charge in [0.15, 0.2) is 11.5 Å². The van der Waals surface area contributed by atoms with Crippen molar-refractivity contribution in [3.05, 3.63) is 23.8 Å². The number of imide groups is 1. The molecule has 23 heavy (non-hydrogen) atoms. The number of nitrogens with one attached hydrogen (secondary N) is 1. The Morgan fingerprint density at radius 2 is 2.04 bits per heavy atom. The van der Waals surface area contributed by atoms with E-state index in [9.17, 15) is 9.59 Å². The van der Waals surface area contributed by atoms with Gasteiger partial charge in [-0.3, -0.25) is 15.0 Å². The van der Waals surface area contributed by atoms with Crippen LogP contribution in [0.15, 0.2) is 18.2 Å². The maximum atomic E-state index is 11.6. The van der Waals surface area contributed by atoms with Gasteiger partial charge in [-0.25, -0.2) is 4.79 Å². The van der Waals surface area contributed by atoms with Crippen molar-refractivity contribution in [2.45, 2.75) is 25.3 Å². The summed E-state index contributed by atoms with van der Waals surface area (Å²) in [7, 11) is 3.22. The van der Waals surface area contributed by atoms with Crippen LogP contribution in [0, 0.1) is 0 Å². The molecule has 1 atom stereocenters. The minimum atomic E-state index is -0.812. The van der Waals surface area contributed by atoms with Gasteiger partial charge in [0.1, 0.15) is 0 Å². The highest BCUT2D eigenvalue weighted by Gasteiger charge is 2.27. The molecule has 0 aliphatic carbocycles. The Bertz CT molecular complexity index is 576. The fourth-order valence-corrected chi connectivity index (χ4v) is 2.98. The molecule has 1 aliphatic rings. The Labute approximate surface area is 135 Å². The van der Waals surface area contributed by atoms with Crippen LogP contribution in [0.3, 0.4) is 0 Å². The number of hydrogen-bond acceptors (Lipinski definition) is 5. The maximum absolute atomic E-state index is 11.6. The number of primary amides is 1. The molecule has 7 heteroatoms. The molecule has 7 nitrogen and oxygen atoms in total. The summed E-state index contributed by atoms with van der Waals surface area (Å²) in [5.41, 5.74) is 6.08. The lowest BCUT2D eigenvalue weighted by atomic mass is 10.0. The van der Waals surface area contributed by atoms with Gasteiger partial charge in [-0.2, -0.15) is 0 Å². The maximum Gasteiger partial charge on any atom is 0.318 e. The summed E-state index contributed by atoms with van der Waals surface area (Å²) in [6, 6.07) is 5.31. The molecule has 0 spiro atoms. The fourth-order valence-electron chi connectivity index (χ4n) is 2.98. The highest BCUT2D eigenvalue weighted by molar-refractivity contribution is 5.93. The number of nitrogens with two attached hydrogens (primary N) is 1. The van der Waals surface area contributed by atoms with E-state index in [0.717, 1.165) is 24.9 Å². The number of ether oxygens (including phenoxy) is 2. The SMILES string of the molecule is COc1ccc([C@@H]2CCCN2CCC(=O)NC(N)=O)cc1OC. The average Bonchev–Trinajstić information content (AvgIpc) is 3.00. The van der Waals surface area contributed by atoms with Crippen molar-refractivity contribution < 1.29 is 19.1 Å². The molecule has 1 fully saturated rings. The number of nitrogens with zero attached hydrogens (tertiary/aromatic N) is 1. The van der Waals surface area contributed by atoms with Crippen molar-refractivity contribution >= 4 is 11.9 Å². The van der Waals surface area contributed by atoms with Crippen molar-refractivity contribution in [1.82, 2.24) is 10.2 Å². The second-order valence-electron chi connectivity index (χ2n) is 5.47. The number of carbonyl (C=O) groups excluding carboxylic acids is 2. The van der Waals surface area contributed by atoms with E-state index in [4.69, 9.17) is 15.2 Å². The monoisotopic (exact) mass is 321 g/mol. The molecule has 1 aromatic carbocycles. The molecular weight excluding hydrogens is 298 g/mol. The Balaban J connectivity index is 2.03.